The molecule has 28 heavy (non-hydrogen) atoms. The molecule has 3 rings (SSSR count). The first-order valence-corrected chi connectivity index (χ1v) is 9.50. The van der Waals surface area contributed by atoms with Crippen LogP contribution in [0.1, 0.15) is 42.6 Å². The van der Waals surface area contributed by atoms with E-state index in [9.17, 15) is 9.59 Å². The molecule has 1 aliphatic rings. The molecule has 3 amide bonds. The fraction of sp³-hybridized carbons (Fsp3) is 0.381. The number of rotatable bonds is 4. The zero-order chi connectivity index (χ0) is 20.1. The molecule has 1 unspecified atom stereocenters. The maximum Gasteiger partial charge on any atom is 0.414 e. The molecule has 1 atom stereocenters. The third-order valence-electron chi connectivity index (χ3n) is 4.86. The second kappa shape index (κ2) is 8.73. The van der Waals surface area contributed by atoms with E-state index in [1.807, 2.05) is 38.1 Å². The molecule has 1 aromatic heterocycles. The van der Waals surface area contributed by atoms with Crippen LogP contribution in [0.5, 0.6) is 0 Å². The first-order valence-electron chi connectivity index (χ1n) is 9.50. The quantitative estimate of drug-likeness (QED) is 0.831. The maximum absolute atomic E-state index is 12.5. The van der Waals surface area contributed by atoms with Crippen LogP contribution in [0.25, 0.3) is 0 Å². The van der Waals surface area contributed by atoms with Gasteiger partial charge >= 0.3 is 12.1 Å². The number of hydrogen-bond donors (Lipinski definition) is 2. The molecule has 7 heteroatoms. The number of amides is 3. The van der Waals surface area contributed by atoms with Gasteiger partial charge in [-0.1, -0.05) is 6.92 Å². The lowest BCUT2D eigenvalue weighted by Gasteiger charge is -2.28. The van der Waals surface area contributed by atoms with E-state index in [-0.39, 0.29) is 18.2 Å². The molecular weight excluding hydrogens is 356 g/mol. The third-order valence-corrected chi connectivity index (χ3v) is 4.86. The number of nitrogens with zero attached hydrogens (tertiary/aromatic N) is 2. The highest BCUT2D eigenvalue weighted by Gasteiger charge is 2.23. The zero-order valence-electron chi connectivity index (χ0n) is 16.5. The first kappa shape index (κ1) is 19.7. The Kier molecular flexibility index (Phi) is 6.13. The normalized spacial score (nSPS) is 14.0. The minimum Gasteiger partial charge on any atom is -0.452 e. The number of methoxy groups -OCH3 is 1. The number of benzene rings is 1. The van der Waals surface area contributed by atoms with Crippen molar-refractivity contribution in [1.82, 2.24) is 10.3 Å². The Morgan fingerprint density at radius 1 is 1.29 bits per heavy atom. The van der Waals surface area contributed by atoms with Crippen LogP contribution in [0.3, 0.4) is 0 Å². The van der Waals surface area contributed by atoms with Gasteiger partial charge in [-0.05, 0) is 67.6 Å². The monoisotopic (exact) mass is 382 g/mol. The van der Waals surface area contributed by atoms with E-state index in [0.717, 1.165) is 41.8 Å². The summed E-state index contributed by atoms with van der Waals surface area (Å²) in [5.74, 6) is 0. The first-order chi connectivity index (χ1) is 13.5. The van der Waals surface area contributed by atoms with Crippen LogP contribution in [0.15, 0.2) is 36.5 Å². The van der Waals surface area contributed by atoms with Crippen LogP contribution >= 0.6 is 0 Å². The molecule has 0 bridgehead atoms. The molecule has 0 radical (unpaired) electrons. The van der Waals surface area contributed by atoms with E-state index in [4.69, 9.17) is 4.74 Å². The summed E-state index contributed by atoms with van der Waals surface area (Å²) in [6.07, 6.45) is 3.83. The number of nitrogens with one attached hydrogen (secondary N) is 2. The number of anilines is 2. The van der Waals surface area contributed by atoms with Crippen molar-refractivity contribution >= 4 is 23.5 Å². The number of carbonyl (C=O) groups is 2. The minimum atomic E-state index is -0.365. The van der Waals surface area contributed by atoms with Gasteiger partial charge in [0.25, 0.3) is 0 Å². The van der Waals surface area contributed by atoms with Crippen molar-refractivity contribution in [3.8, 4) is 0 Å². The average molecular weight is 382 g/mol. The predicted octanol–water partition coefficient (Wildman–Crippen LogP) is 4.18. The fourth-order valence-electron chi connectivity index (χ4n) is 3.44. The van der Waals surface area contributed by atoms with Crippen molar-refractivity contribution in [1.29, 1.82) is 0 Å². The highest BCUT2D eigenvalue weighted by atomic mass is 16.5. The van der Waals surface area contributed by atoms with Gasteiger partial charge in [-0.25, -0.2) is 9.59 Å². The van der Waals surface area contributed by atoms with Crippen molar-refractivity contribution in [3.63, 3.8) is 0 Å². The largest absolute Gasteiger partial charge is 0.452 e. The van der Waals surface area contributed by atoms with Gasteiger partial charge in [-0.15, -0.1) is 0 Å². The maximum atomic E-state index is 12.5. The lowest BCUT2D eigenvalue weighted by molar-refractivity contribution is 0.178. The Balaban J connectivity index is 1.70. The van der Waals surface area contributed by atoms with E-state index < -0.39 is 0 Å². The van der Waals surface area contributed by atoms with Crippen LogP contribution < -0.4 is 15.5 Å². The van der Waals surface area contributed by atoms with Crippen molar-refractivity contribution in [2.24, 2.45) is 0 Å². The standard InChI is InChI=1S/C21H26N4O3/c1-4-17(18-12-14(2)9-10-22-18)24-20(26)23-16-7-8-19-15(13-16)6-5-11-25(19)21(27)28-3/h7-10,12-13,17H,4-6,11H2,1-3H3,(H2,23,24,26). The molecule has 0 spiro atoms. The average Bonchev–Trinajstić information content (AvgIpc) is 2.70. The van der Waals surface area contributed by atoms with Gasteiger partial charge in [-0.2, -0.15) is 0 Å². The number of ether oxygens (including phenoxy) is 1. The molecule has 7 nitrogen and oxygen atoms in total. The molecule has 148 valence electrons. The van der Waals surface area contributed by atoms with Crippen LogP contribution in [-0.4, -0.2) is 30.8 Å². The molecule has 1 aliphatic heterocycles. The van der Waals surface area contributed by atoms with Crippen molar-refractivity contribution in [2.75, 3.05) is 23.9 Å². The van der Waals surface area contributed by atoms with Crippen molar-refractivity contribution in [3.05, 3.63) is 53.3 Å². The molecule has 2 aromatic rings. The van der Waals surface area contributed by atoms with Gasteiger partial charge in [0, 0.05) is 18.4 Å². The molecule has 2 heterocycles. The highest BCUT2D eigenvalue weighted by molar-refractivity contribution is 5.92. The fourth-order valence-corrected chi connectivity index (χ4v) is 3.44. The summed E-state index contributed by atoms with van der Waals surface area (Å²) in [4.78, 5) is 30.4. The van der Waals surface area contributed by atoms with Gasteiger partial charge < -0.3 is 15.4 Å². The van der Waals surface area contributed by atoms with E-state index in [0.29, 0.717) is 12.2 Å². The number of pyridine rings is 1. The minimum absolute atomic E-state index is 0.160. The second-order valence-corrected chi connectivity index (χ2v) is 6.89. The SMILES string of the molecule is CCC(NC(=O)Nc1ccc2c(c1)CCCN2C(=O)OC)c1cc(C)ccn1. The highest BCUT2D eigenvalue weighted by Crippen LogP contribution is 2.30. The van der Waals surface area contributed by atoms with E-state index in [1.165, 1.54) is 7.11 Å². The smallest absolute Gasteiger partial charge is 0.414 e. The molecular formula is C21H26N4O3. The summed E-state index contributed by atoms with van der Waals surface area (Å²) in [7, 11) is 1.38. The second-order valence-electron chi connectivity index (χ2n) is 6.89. The van der Waals surface area contributed by atoms with E-state index >= 15 is 0 Å². The number of carbonyl (C=O) groups excluding carboxylic acids is 2. The van der Waals surface area contributed by atoms with E-state index in [2.05, 4.69) is 15.6 Å². The summed E-state index contributed by atoms with van der Waals surface area (Å²) in [6, 6.07) is 9.03. The van der Waals surface area contributed by atoms with Gasteiger partial charge in [0.2, 0.25) is 0 Å². The number of aromatic nitrogens is 1. The van der Waals surface area contributed by atoms with Crippen LogP contribution in [0, 0.1) is 6.92 Å². The molecule has 0 saturated heterocycles. The Morgan fingerprint density at radius 3 is 2.82 bits per heavy atom. The molecule has 0 fully saturated rings. The van der Waals surface area contributed by atoms with Crippen molar-refractivity contribution in [2.45, 2.75) is 39.2 Å². The lowest BCUT2D eigenvalue weighted by atomic mass is 10.0. The molecule has 0 aliphatic carbocycles. The predicted molar refractivity (Wildman–Crippen MR) is 109 cm³/mol. The van der Waals surface area contributed by atoms with Gasteiger partial charge in [-0.3, -0.25) is 9.88 Å². The Hall–Kier alpha value is -3.09. The third kappa shape index (κ3) is 4.42. The number of urea groups is 1. The Bertz CT molecular complexity index is 868. The zero-order valence-corrected chi connectivity index (χ0v) is 16.5. The van der Waals surface area contributed by atoms with Gasteiger partial charge in [0.1, 0.15) is 0 Å². The van der Waals surface area contributed by atoms with Crippen LogP contribution in [-0.2, 0) is 11.2 Å². The number of hydrogen-bond acceptors (Lipinski definition) is 4. The number of aryl methyl sites for hydroxylation is 2. The summed E-state index contributed by atoms with van der Waals surface area (Å²) < 4.78 is 4.85. The van der Waals surface area contributed by atoms with Crippen molar-refractivity contribution < 1.29 is 14.3 Å². The summed E-state index contributed by atoms with van der Waals surface area (Å²) in [6.45, 7) is 4.65. The summed E-state index contributed by atoms with van der Waals surface area (Å²) in [5, 5.41) is 5.86. The summed E-state index contributed by atoms with van der Waals surface area (Å²) >= 11 is 0. The van der Waals surface area contributed by atoms with Crippen LogP contribution in [0.2, 0.25) is 0 Å². The van der Waals surface area contributed by atoms with Crippen LogP contribution in [0.4, 0.5) is 21.0 Å². The Labute approximate surface area is 165 Å². The molecule has 0 saturated carbocycles. The molecule has 1 aromatic carbocycles. The topological polar surface area (TPSA) is 83.6 Å². The lowest BCUT2D eigenvalue weighted by Crippen LogP contribution is -2.35. The van der Waals surface area contributed by atoms with Gasteiger partial charge in [0.15, 0.2) is 0 Å². The molecule has 2 N–H and O–H groups in total. The van der Waals surface area contributed by atoms with E-state index in [1.54, 1.807) is 17.2 Å². The summed E-state index contributed by atoms with van der Waals surface area (Å²) in [5.41, 5.74) is 4.49. The Morgan fingerprint density at radius 2 is 2.11 bits per heavy atom. The van der Waals surface area contributed by atoms with Gasteiger partial charge in [0.05, 0.1) is 24.5 Å². The number of fused-ring (bicyclic) bond motifs is 1.